The van der Waals surface area contributed by atoms with Crippen molar-refractivity contribution in [1.82, 2.24) is 15.6 Å². The van der Waals surface area contributed by atoms with Gasteiger partial charge in [0.15, 0.2) is 5.96 Å². The Bertz CT molecular complexity index is 667. The second-order valence-electron chi connectivity index (χ2n) is 6.03. The van der Waals surface area contributed by atoms with Crippen molar-refractivity contribution in [2.75, 3.05) is 13.6 Å². The second-order valence-corrected chi connectivity index (χ2v) is 7.79. The fraction of sp³-hybridized carbons (Fsp3) is 0.412. The number of nitrogens with zero attached hydrogens (tertiary/aromatic N) is 2. The van der Waals surface area contributed by atoms with Gasteiger partial charge in [-0.1, -0.05) is 37.6 Å². The first kappa shape index (κ1) is 21.2. The van der Waals surface area contributed by atoms with Crippen molar-refractivity contribution in [3.05, 3.63) is 50.9 Å². The minimum atomic E-state index is -0.0278. The van der Waals surface area contributed by atoms with Crippen molar-refractivity contribution < 1.29 is 0 Å². The molecular formula is C17H24ClIN4S. The van der Waals surface area contributed by atoms with Crippen LogP contribution >= 0.6 is 46.9 Å². The Morgan fingerprint density at radius 3 is 2.46 bits per heavy atom. The van der Waals surface area contributed by atoms with Gasteiger partial charge in [-0.05, 0) is 24.6 Å². The van der Waals surface area contributed by atoms with E-state index in [1.165, 1.54) is 10.4 Å². The van der Waals surface area contributed by atoms with E-state index in [1.54, 1.807) is 18.4 Å². The number of hydrogen-bond acceptors (Lipinski definition) is 3. The molecule has 0 unspecified atom stereocenters. The Morgan fingerprint density at radius 1 is 1.25 bits per heavy atom. The van der Waals surface area contributed by atoms with Crippen molar-refractivity contribution in [2.45, 2.75) is 32.7 Å². The number of aliphatic imine (C=N–C) groups is 1. The molecule has 2 rings (SSSR count). The second kappa shape index (κ2) is 9.58. The Labute approximate surface area is 170 Å². The Morgan fingerprint density at radius 2 is 1.92 bits per heavy atom. The molecule has 0 amide bonds. The van der Waals surface area contributed by atoms with Gasteiger partial charge in [-0.15, -0.1) is 35.3 Å². The lowest BCUT2D eigenvalue weighted by molar-refractivity contribution is 0.508. The number of guanidine groups is 1. The molecule has 24 heavy (non-hydrogen) atoms. The Hall–Kier alpha value is -0.860. The minimum absolute atomic E-state index is 0. The summed E-state index contributed by atoms with van der Waals surface area (Å²) in [7, 11) is 1.78. The van der Waals surface area contributed by atoms with Crippen molar-refractivity contribution in [3.63, 3.8) is 0 Å². The topological polar surface area (TPSA) is 49.3 Å². The summed E-state index contributed by atoms with van der Waals surface area (Å²) in [6, 6.07) is 7.99. The highest BCUT2D eigenvalue weighted by Gasteiger charge is 2.20. The molecule has 0 fully saturated rings. The van der Waals surface area contributed by atoms with Crippen molar-refractivity contribution in [1.29, 1.82) is 0 Å². The predicted molar refractivity (Wildman–Crippen MR) is 115 cm³/mol. The maximum Gasteiger partial charge on any atom is 0.191 e. The van der Waals surface area contributed by atoms with Gasteiger partial charge in [0, 0.05) is 35.1 Å². The SMILES string of the molecule is CN=C(NCc1ncc(C)s1)NCC(C)(C)c1ccc(Cl)cc1.I. The highest BCUT2D eigenvalue weighted by molar-refractivity contribution is 14.0. The summed E-state index contributed by atoms with van der Waals surface area (Å²) in [6.07, 6.45) is 1.89. The molecule has 0 saturated heterocycles. The number of aryl methyl sites for hydroxylation is 1. The van der Waals surface area contributed by atoms with Gasteiger partial charge in [0.1, 0.15) is 5.01 Å². The normalized spacial score (nSPS) is 11.8. The van der Waals surface area contributed by atoms with E-state index in [-0.39, 0.29) is 29.4 Å². The number of halogens is 2. The van der Waals surface area contributed by atoms with E-state index in [9.17, 15) is 0 Å². The molecule has 0 saturated carbocycles. The molecule has 0 atom stereocenters. The van der Waals surface area contributed by atoms with Gasteiger partial charge in [-0.3, -0.25) is 4.99 Å². The zero-order valence-electron chi connectivity index (χ0n) is 14.4. The molecule has 0 bridgehead atoms. The molecule has 0 spiro atoms. The van der Waals surface area contributed by atoms with E-state index in [0.717, 1.165) is 22.5 Å². The molecule has 132 valence electrons. The lowest BCUT2D eigenvalue weighted by Gasteiger charge is -2.26. The van der Waals surface area contributed by atoms with Crippen molar-refractivity contribution >= 4 is 52.9 Å². The lowest BCUT2D eigenvalue weighted by atomic mass is 9.85. The van der Waals surface area contributed by atoms with E-state index in [4.69, 9.17) is 11.6 Å². The third-order valence-electron chi connectivity index (χ3n) is 3.62. The van der Waals surface area contributed by atoms with Gasteiger partial charge in [0.25, 0.3) is 0 Å². The summed E-state index contributed by atoms with van der Waals surface area (Å²) >= 11 is 7.66. The fourth-order valence-electron chi connectivity index (χ4n) is 2.17. The van der Waals surface area contributed by atoms with Crippen LogP contribution in [0.5, 0.6) is 0 Å². The third kappa shape index (κ3) is 6.22. The first-order valence-corrected chi connectivity index (χ1v) is 8.72. The Balaban J connectivity index is 0.00000288. The summed E-state index contributed by atoms with van der Waals surface area (Å²) < 4.78 is 0. The van der Waals surface area contributed by atoms with E-state index in [2.05, 4.69) is 53.5 Å². The van der Waals surface area contributed by atoms with E-state index in [0.29, 0.717) is 6.54 Å². The summed E-state index contributed by atoms with van der Waals surface area (Å²) in [5.41, 5.74) is 1.21. The fourth-order valence-corrected chi connectivity index (χ4v) is 3.02. The maximum absolute atomic E-state index is 5.96. The molecule has 1 aromatic carbocycles. The van der Waals surface area contributed by atoms with Gasteiger partial charge in [-0.25, -0.2) is 4.98 Å². The van der Waals surface area contributed by atoms with Gasteiger partial charge >= 0.3 is 0 Å². The number of hydrogen-bond donors (Lipinski definition) is 2. The van der Waals surface area contributed by atoms with Crippen LogP contribution in [0, 0.1) is 6.92 Å². The van der Waals surface area contributed by atoms with Gasteiger partial charge in [-0.2, -0.15) is 0 Å². The summed E-state index contributed by atoms with van der Waals surface area (Å²) in [6.45, 7) is 7.90. The molecule has 7 heteroatoms. The standard InChI is InChI=1S/C17H23ClN4S.HI/c1-12-9-20-15(23-12)10-21-16(19-4)22-11-17(2,3)13-5-7-14(18)8-6-13;/h5-9H,10-11H2,1-4H3,(H2,19,21,22);1H. The number of rotatable bonds is 5. The van der Waals surface area contributed by atoms with Gasteiger partial charge in [0.05, 0.1) is 6.54 Å². The highest BCUT2D eigenvalue weighted by Crippen LogP contribution is 2.23. The maximum atomic E-state index is 5.96. The average Bonchev–Trinajstić information content (AvgIpc) is 2.93. The van der Waals surface area contributed by atoms with E-state index >= 15 is 0 Å². The van der Waals surface area contributed by atoms with E-state index in [1.807, 2.05) is 18.3 Å². The average molecular weight is 479 g/mol. The first-order valence-electron chi connectivity index (χ1n) is 7.52. The molecule has 0 aliphatic heterocycles. The van der Waals surface area contributed by atoms with Crippen LogP contribution in [0.25, 0.3) is 0 Å². The molecular weight excluding hydrogens is 455 g/mol. The van der Waals surface area contributed by atoms with E-state index < -0.39 is 0 Å². The van der Waals surface area contributed by atoms with Gasteiger partial charge < -0.3 is 10.6 Å². The quantitative estimate of drug-likeness (QED) is 0.381. The molecule has 1 heterocycles. The largest absolute Gasteiger partial charge is 0.356 e. The van der Waals surface area contributed by atoms with Crippen molar-refractivity contribution in [3.8, 4) is 0 Å². The predicted octanol–water partition coefficient (Wildman–Crippen LogP) is 4.37. The first-order chi connectivity index (χ1) is 10.9. The zero-order chi connectivity index (χ0) is 16.9. The summed E-state index contributed by atoms with van der Waals surface area (Å²) in [4.78, 5) is 9.83. The van der Waals surface area contributed by atoms with Gasteiger partial charge in [0.2, 0.25) is 0 Å². The van der Waals surface area contributed by atoms with Crippen LogP contribution in [0.15, 0.2) is 35.5 Å². The van der Waals surface area contributed by atoms with Crippen LogP contribution in [0.4, 0.5) is 0 Å². The number of aromatic nitrogens is 1. The van der Waals surface area contributed by atoms with Crippen LogP contribution in [-0.2, 0) is 12.0 Å². The van der Waals surface area contributed by atoms with Crippen molar-refractivity contribution in [2.24, 2.45) is 4.99 Å². The highest BCUT2D eigenvalue weighted by atomic mass is 127. The molecule has 0 radical (unpaired) electrons. The molecule has 0 aliphatic carbocycles. The summed E-state index contributed by atoms with van der Waals surface area (Å²) in [5, 5.41) is 8.50. The van der Waals surface area contributed by atoms with Crippen LogP contribution in [0.3, 0.4) is 0 Å². The van der Waals surface area contributed by atoms with Crippen LogP contribution in [0.1, 0.15) is 29.3 Å². The molecule has 0 aliphatic rings. The molecule has 1 aromatic heterocycles. The molecule has 2 aromatic rings. The summed E-state index contributed by atoms with van der Waals surface area (Å²) in [5.74, 6) is 0.778. The molecule has 2 N–H and O–H groups in total. The van der Waals surface area contributed by atoms with Crippen LogP contribution in [0.2, 0.25) is 5.02 Å². The number of benzene rings is 1. The zero-order valence-corrected chi connectivity index (χ0v) is 18.3. The van der Waals surface area contributed by atoms with Crippen LogP contribution < -0.4 is 10.6 Å². The number of nitrogens with one attached hydrogen (secondary N) is 2. The smallest absolute Gasteiger partial charge is 0.191 e. The third-order valence-corrected chi connectivity index (χ3v) is 4.79. The molecule has 4 nitrogen and oxygen atoms in total. The monoisotopic (exact) mass is 478 g/mol. The van der Waals surface area contributed by atoms with Crippen LogP contribution in [-0.4, -0.2) is 24.5 Å². The lowest BCUT2D eigenvalue weighted by Crippen LogP contribution is -2.43. The Kier molecular flexibility index (Phi) is 8.45. The number of thiazole rings is 1. The minimum Gasteiger partial charge on any atom is -0.356 e.